The number of nitrogens with one attached hydrogen (secondary N) is 1. The quantitative estimate of drug-likeness (QED) is 0.281. The second-order valence-electron chi connectivity index (χ2n) is 6.86. The normalized spacial score (nSPS) is 34.5. The van der Waals surface area contributed by atoms with Crippen LogP contribution in [0.1, 0.15) is 32.1 Å². The molecule has 1 aliphatic heterocycles. The Labute approximate surface area is 144 Å². The van der Waals surface area contributed by atoms with Crippen LogP contribution in [-0.2, 0) is 28.7 Å². The Kier molecular flexibility index (Phi) is 4.53. The van der Waals surface area contributed by atoms with Gasteiger partial charge >= 0.3 is 17.9 Å². The lowest BCUT2D eigenvalue weighted by atomic mass is 9.73. The van der Waals surface area contributed by atoms with Gasteiger partial charge in [-0.3, -0.25) is 19.2 Å². The molecule has 5 atom stereocenters. The number of hydrogen-bond acceptors (Lipinski definition) is 6. The number of esters is 2. The molecule has 8 nitrogen and oxygen atoms in total. The molecule has 2 bridgehead atoms. The Bertz CT molecular complexity index is 630. The molecule has 3 aliphatic rings. The van der Waals surface area contributed by atoms with E-state index in [0.29, 0.717) is 25.8 Å². The van der Waals surface area contributed by atoms with Crippen molar-refractivity contribution in [3.05, 3.63) is 12.7 Å². The average molecular weight is 351 g/mol. The third kappa shape index (κ3) is 2.79. The molecule has 2 aliphatic carbocycles. The van der Waals surface area contributed by atoms with Gasteiger partial charge in [0, 0.05) is 24.8 Å². The molecule has 1 saturated heterocycles. The van der Waals surface area contributed by atoms with Crippen LogP contribution in [0.25, 0.3) is 0 Å². The number of unbranched alkanes of at least 4 members (excludes halogenated alkanes) is 1. The molecule has 3 rings (SSSR count). The van der Waals surface area contributed by atoms with Crippen molar-refractivity contribution in [1.82, 2.24) is 5.32 Å². The molecule has 2 saturated carbocycles. The Morgan fingerprint density at radius 3 is 2.84 bits per heavy atom. The van der Waals surface area contributed by atoms with Crippen LogP contribution in [-0.4, -0.2) is 47.7 Å². The molecular formula is C17H21NO7. The third-order valence-corrected chi connectivity index (χ3v) is 5.51. The lowest BCUT2D eigenvalue weighted by Crippen LogP contribution is -2.44. The SMILES string of the molecule is C=CC(=O)NCCCCC(=O)OC1C2CC3C1OC(=O)C3(C(=O)O)C2. The van der Waals surface area contributed by atoms with E-state index in [9.17, 15) is 24.3 Å². The van der Waals surface area contributed by atoms with Gasteiger partial charge in [0.25, 0.3) is 0 Å². The lowest BCUT2D eigenvalue weighted by Gasteiger charge is -2.29. The van der Waals surface area contributed by atoms with Gasteiger partial charge in [0.15, 0.2) is 5.41 Å². The van der Waals surface area contributed by atoms with Gasteiger partial charge in [-0.2, -0.15) is 0 Å². The highest BCUT2D eigenvalue weighted by Crippen LogP contribution is 2.62. The summed E-state index contributed by atoms with van der Waals surface area (Å²) < 4.78 is 10.7. The number of rotatable bonds is 8. The maximum Gasteiger partial charge on any atom is 0.324 e. The standard InChI is InChI=1S/C17H21NO7/c1-2-11(19)18-6-4-3-5-12(20)24-13-9-7-10-14(13)25-16(23)17(10,8-9)15(21)22/h2,9-10,13-14H,1,3-8H2,(H,18,19)(H,21,22). The zero-order chi connectivity index (χ0) is 18.2. The van der Waals surface area contributed by atoms with Crippen molar-refractivity contribution in [1.29, 1.82) is 0 Å². The van der Waals surface area contributed by atoms with Crippen molar-refractivity contribution in [3.63, 3.8) is 0 Å². The van der Waals surface area contributed by atoms with E-state index >= 15 is 0 Å². The van der Waals surface area contributed by atoms with Gasteiger partial charge < -0.3 is 19.9 Å². The van der Waals surface area contributed by atoms with E-state index in [1.165, 1.54) is 6.08 Å². The number of amides is 1. The van der Waals surface area contributed by atoms with Crippen LogP contribution in [0.2, 0.25) is 0 Å². The minimum Gasteiger partial charge on any atom is -0.480 e. The van der Waals surface area contributed by atoms with Gasteiger partial charge in [0.2, 0.25) is 5.91 Å². The van der Waals surface area contributed by atoms with E-state index in [1.807, 2.05) is 0 Å². The summed E-state index contributed by atoms with van der Waals surface area (Å²) in [5, 5.41) is 12.1. The summed E-state index contributed by atoms with van der Waals surface area (Å²) in [5.74, 6) is -3.04. The third-order valence-electron chi connectivity index (χ3n) is 5.51. The Morgan fingerprint density at radius 2 is 2.16 bits per heavy atom. The minimum absolute atomic E-state index is 0.145. The van der Waals surface area contributed by atoms with E-state index in [0.717, 1.165) is 0 Å². The van der Waals surface area contributed by atoms with E-state index in [2.05, 4.69) is 11.9 Å². The molecule has 1 amide bonds. The number of aliphatic carboxylic acids is 1. The van der Waals surface area contributed by atoms with Crippen LogP contribution >= 0.6 is 0 Å². The minimum atomic E-state index is -1.44. The highest BCUT2D eigenvalue weighted by molar-refractivity contribution is 6.02. The van der Waals surface area contributed by atoms with Crippen molar-refractivity contribution in [3.8, 4) is 0 Å². The van der Waals surface area contributed by atoms with Crippen molar-refractivity contribution in [2.75, 3.05) is 6.54 Å². The molecule has 5 unspecified atom stereocenters. The molecule has 3 fully saturated rings. The fourth-order valence-corrected chi connectivity index (χ4v) is 4.34. The Balaban J connectivity index is 1.47. The zero-order valence-electron chi connectivity index (χ0n) is 13.7. The molecule has 0 radical (unpaired) electrons. The largest absolute Gasteiger partial charge is 0.480 e. The number of carboxylic acid groups (broad SMARTS) is 1. The van der Waals surface area contributed by atoms with E-state index in [1.54, 1.807) is 0 Å². The summed E-state index contributed by atoms with van der Waals surface area (Å²) in [6.45, 7) is 3.80. The highest BCUT2D eigenvalue weighted by Gasteiger charge is 2.75. The number of fused-ring (bicyclic) bond motifs is 1. The van der Waals surface area contributed by atoms with Gasteiger partial charge in [-0.05, 0) is 31.8 Å². The summed E-state index contributed by atoms with van der Waals surface area (Å²) in [4.78, 5) is 46.6. The lowest BCUT2D eigenvalue weighted by molar-refractivity contribution is -0.163. The summed E-state index contributed by atoms with van der Waals surface area (Å²) in [6.07, 6.45) is 2.09. The predicted molar refractivity (Wildman–Crippen MR) is 83.1 cm³/mol. The van der Waals surface area contributed by atoms with Gasteiger partial charge in [-0.15, -0.1) is 0 Å². The molecule has 136 valence electrons. The van der Waals surface area contributed by atoms with Gasteiger partial charge in [0.1, 0.15) is 12.2 Å². The van der Waals surface area contributed by atoms with Crippen molar-refractivity contribution >= 4 is 23.8 Å². The number of carbonyl (C=O) groups is 4. The number of ether oxygens (including phenoxy) is 2. The van der Waals surface area contributed by atoms with Crippen LogP contribution < -0.4 is 5.32 Å². The molecule has 0 spiro atoms. The summed E-state index contributed by atoms with van der Waals surface area (Å²) in [7, 11) is 0. The predicted octanol–water partition coefficient (Wildman–Crippen LogP) is 0.407. The van der Waals surface area contributed by atoms with Crippen LogP contribution in [0, 0.1) is 17.3 Å². The fraction of sp³-hybridized carbons (Fsp3) is 0.647. The van der Waals surface area contributed by atoms with Gasteiger partial charge in [0.05, 0.1) is 0 Å². The van der Waals surface area contributed by atoms with Crippen LogP contribution in [0.3, 0.4) is 0 Å². The average Bonchev–Trinajstić information content (AvgIpc) is 3.16. The summed E-state index contributed by atoms with van der Waals surface area (Å²) >= 11 is 0. The topological polar surface area (TPSA) is 119 Å². The summed E-state index contributed by atoms with van der Waals surface area (Å²) in [5.41, 5.74) is -1.44. The summed E-state index contributed by atoms with van der Waals surface area (Å²) in [6, 6.07) is 0. The fourth-order valence-electron chi connectivity index (χ4n) is 4.34. The van der Waals surface area contributed by atoms with E-state index in [4.69, 9.17) is 9.47 Å². The maximum atomic E-state index is 12.0. The zero-order valence-corrected chi connectivity index (χ0v) is 13.7. The van der Waals surface area contributed by atoms with Crippen molar-refractivity contribution < 1.29 is 33.8 Å². The highest BCUT2D eigenvalue weighted by atomic mass is 16.6. The molecule has 0 aromatic heterocycles. The van der Waals surface area contributed by atoms with Crippen LogP contribution in [0.4, 0.5) is 0 Å². The molecule has 1 heterocycles. The van der Waals surface area contributed by atoms with Gasteiger partial charge in [-0.25, -0.2) is 0 Å². The first-order valence-corrected chi connectivity index (χ1v) is 8.44. The number of carbonyl (C=O) groups excluding carboxylic acids is 3. The Morgan fingerprint density at radius 1 is 1.40 bits per heavy atom. The second-order valence-corrected chi connectivity index (χ2v) is 6.86. The first kappa shape index (κ1) is 17.4. The first-order valence-electron chi connectivity index (χ1n) is 8.44. The van der Waals surface area contributed by atoms with Gasteiger partial charge in [-0.1, -0.05) is 6.58 Å². The van der Waals surface area contributed by atoms with Crippen molar-refractivity contribution in [2.45, 2.75) is 44.3 Å². The number of carboxylic acids is 1. The monoisotopic (exact) mass is 351 g/mol. The maximum absolute atomic E-state index is 12.0. The van der Waals surface area contributed by atoms with Crippen LogP contribution in [0.5, 0.6) is 0 Å². The number of hydrogen-bond donors (Lipinski definition) is 2. The van der Waals surface area contributed by atoms with E-state index < -0.39 is 41.4 Å². The first-order chi connectivity index (χ1) is 11.9. The smallest absolute Gasteiger partial charge is 0.324 e. The molecule has 8 heteroatoms. The second kappa shape index (κ2) is 6.50. The van der Waals surface area contributed by atoms with Crippen LogP contribution in [0.15, 0.2) is 12.7 Å². The molecule has 0 aromatic carbocycles. The van der Waals surface area contributed by atoms with E-state index in [-0.39, 0.29) is 24.7 Å². The van der Waals surface area contributed by atoms with Crippen molar-refractivity contribution in [2.24, 2.45) is 17.3 Å². The molecule has 2 N–H and O–H groups in total. The Hall–Kier alpha value is -2.38. The molecular weight excluding hydrogens is 330 g/mol. The molecule has 0 aromatic rings. The molecule has 25 heavy (non-hydrogen) atoms.